The van der Waals surface area contributed by atoms with Gasteiger partial charge in [0, 0.05) is 36.8 Å². The van der Waals surface area contributed by atoms with Crippen LogP contribution in [-0.2, 0) is 17.8 Å². The summed E-state index contributed by atoms with van der Waals surface area (Å²) in [4.78, 5) is 26.5. The van der Waals surface area contributed by atoms with E-state index in [0.717, 1.165) is 44.5 Å². The lowest BCUT2D eigenvalue weighted by Gasteiger charge is -2.32. The lowest BCUT2D eigenvalue weighted by atomic mass is 9.96. The average molecular weight is 403 g/mol. The SMILES string of the molecule is Cc1c(CCN2CCC(NC(=O)c3ccc(C#N)cc3)CC2)ccc2c1COC2=O. The number of fused-ring (bicyclic) bond motifs is 1. The third-order valence-electron chi connectivity index (χ3n) is 6.17. The van der Waals surface area contributed by atoms with Gasteiger partial charge >= 0.3 is 5.97 Å². The molecule has 4 rings (SSSR count). The molecule has 0 aromatic heterocycles. The van der Waals surface area contributed by atoms with Crippen LogP contribution in [0.4, 0.5) is 0 Å². The van der Waals surface area contributed by atoms with Gasteiger partial charge in [-0.2, -0.15) is 5.26 Å². The maximum absolute atomic E-state index is 12.4. The van der Waals surface area contributed by atoms with Crippen LogP contribution in [0.25, 0.3) is 0 Å². The molecular weight excluding hydrogens is 378 g/mol. The number of nitriles is 1. The van der Waals surface area contributed by atoms with E-state index >= 15 is 0 Å². The second-order valence-electron chi connectivity index (χ2n) is 7.98. The molecule has 1 fully saturated rings. The molecule has 1 amide bonds. The van der Waals surface area contributed by atoms with Gasteiger partial charge in [0.25, 0.3) is 5.91 Å². The quantitative estimate of drug-likeness (QED) is 0.776. The topological polar surface area (TPSA) is 82.4 Å². The molecule has 0 atom stereocenters. The Kier molecular flexibility index (Phi) is 5.82. The van der Waals surface area contributed by atoms with Crippen molar-refractivity contribution >= 4 is 11.9 Å². The lowest BCUT2D eigenvalue weighted by molar-refractivity contribution is 0.0534. The predicted molar refractivity (Wildman–Crippen MR) is 112 cm³/mol. The highest BCUT2D eigenvalue weighted by Crippen LogP contribution is 2.26. The summed E-state index contributed by atoms with van der Waals surface area (Å²) in [5.41, 5.74) is 5.31. The van der Waals surface area contributed by atoms with E-state index in [1.807, 2.05) is 12.1 Å². The highest BCUT2D eigenvalue weighted by molar-refractivity contribution is 5.94. The van der Waals surface area contributed by atoms with Crippen LogP contribution in [-0.4, -0.2) is 42.5 Å². The molecule has 2 aliphatic rings. The Morgan fingerprint density at radius 2 is 1.93 bits per heavy atom. The number of cyclic esters (lactones) is 1. The first-order chi connectivity index (χ1) is 14.5. The number of likely N-dealkylation sites (tertiary alicyclic amines) is 1. The molecule has 154 valence electrons. The fraction of sp³-hybridized carbons (Fsp3) is 0.375. The molecule has 0 aliphatic carbocycles. The second kappa shape index (κ2) is 8.68. The van der Waals surface area contributed by atoms with E-state index in [1.54, 1.807) is 24.3 Å². The van der Waals surface area contributed by atoms with Gasteiger partial charge in [0.1, 0.15) is 6.61 Å². The molecule has 2 aromatic carbocycles. The zero-order valence-corrected chi connectivity index (χ0v) is 17.1. The standard InChI is InChI=1S/C24H25N3O3/c1-16-18(6-7-21-22(16)15-30-24(21)29)8-11-27-12-9-20(10-13-27)26-23(28)19-4-2-17(14-25)3-5-19/h2-7,20H,8-13,15H2,1H3,(H,26,28). The summed E-state index contributed by atoms with van der Waals surface area (Å²) in [6.07, 6.45) is 2.79. The van der Waals surface area contributed by atoms with Crippen molar-refractivity contribution in [3.63, 3.8) is 0 Å². The van der Waals surface area contributed by atoms with E-state index < -0.39 is 0 Å². The van der Waals surface area contributed by atoms with Gasteiger partial charge in [-0.25, -0.2) is 4.79 Å². The van der Waals surface area contributed by atoms with Crippen LogP contribution in [0.15, 0.2) is 36.4 Å². The third kappa shape index (κ3) is 4.22. The van der Waals surface area contributed by atoms with Crippen LogP contribution < -0.4 is 5.32 Å². The van der Waals surface area contributed by atoms with E-state index in [-0.39, 0.29) is 17.9 Å². The Labute approximate surface area is 176 Å². The molecule has 0 unspecified atom stereocenters. The first-order valence-corrected chi connectivity index (χ1v) is 10.4. The van der Waals surface area contributed by atoms with Gasteiger partial charge in [-0.15, -0.1) is 0 Å². The number of ether oxygens (including phenoxy) is 1. The van der Waals surface area contributed by atoms with Gasteiger partial charge in [-0.05, 0) is 67.6 Å². The highest BCUT2D eigenvalue weighted by Gasteiger charge is 2.25. The Morgan fingerprint density at radius 1 is 1.20 bits per heavy atom. The van der Waals surface area contributed by atoms with Gasteiger partial charge in [0.05, 0.1) is 17.2 Å². The minimum atomic E-state index is -0.218. The van der Waals surface area contributed by atoms with Crippen molar-refractivity contribution in [3.8, 4) is 6.07 Å². The van der Waals surface area contributed by atoms with Gasteiger partial charge in [0.2, 0.25) is 0 Å². The van der Waals surface area contributed by atoms with Crippen LogP contribution >= 0.6 is 0 Å². The monoisotopic (exact) mass is 403 g/mol. The Balaban J connectivity index is 1.26. The average Bonchev–Trinajstić information content (AvgIpc) is 3.16. The number of hydrogen-bond donors (Lipinski definition) is 1. The lowest BCUT2D eigenvalue weighted by Crippen LogP contribution is -2.45. The number of esters is 1. The van der Waals surface area contributed by atoms with Crippen LogP contribution in [0, 0.1) is 18.3 Å². The number of carbonyl (C=O) groups is 2. The summed E-state index contributed by atoms with van der Waals surface area (Å²) in [5, 5.41) is 12.0. The van der Waals surface area contributed by atoms with Crippen molar-refractivity contribution in [1.82, 2.24) is 10.2 Å². The molecular formula is C24H25N3O3. The number of piperidine rings is 1. The number of rotatable bonds is 5. The minimum absolute atomic E-state index is 0.0801. The number of nitrogens with zero attached hydrogens (tertiary/aromatic N) is 2. The van der Waals surface area contributed by atoms with Crippen LogP contribution in [0.5, 0.6) is 0 Å². The molecule has 0 radical (unpaired) electrons. The van der Waals surface area contributed by atoms with Crippen molar-refractivity contribution in [2.75, 3.05) is 19.6 Å². The van der Waals surface area contributed by atoms with Gasteiger partial charge in [0.15, 0.2) is 0 Å². The summed E-state index contributed by atoms with van der Waals surface area (Å²) in [7, 11) is 0. The van der Waals surface area contributed by atoms with Crippen LogP contribution in [0.3, 0.4) is 0 Å². The second-order valence-corrected chi connectivity index (χ2v) is 7.98. The van der Waals surface area contributed by atoms with E-state index in [2.05, 4.69) is 23.2 Å². The molecule has 0 saturated carbocycles. The van der Waals surface area contributed by atoms with Crippen molar-refractivity contribution in [1.29, 1.82) is 5.26 Å². The first-order valence-electron chi connectivity index (χ1n) is 10.4. The van der Waals surface area contributed by atoms with Crippen molar-refractivity contribution in [2.45, 2.75) is 38.8 Å². The third-order valence-corrected chi connectivity index (χ3v) is 6.17. The fourth-order valence-electron chi connectivity index (χ4n) is 4.21. The summed E-state index contributed by atoms with van der Waals surface area (Å²) in [5.74, 6) is -0.298. The van der Waals surface area contributed by atoms with Crippen molar-refractivity contribution in [2.24, 2.45) is 0 Å². The Morgan fingerprint density at radius 3 is 2.63 bits per heavy atom. The maximum atomic E-state index is 12.4. The smallest absolute Gasteiger partial charge is 0.338 e. The summed E-state index contributed by atoms with van der Waals surface area (Å²) in [6.45, 7) is 5.32. The summed E-state index contributed by atoms with van der Waals surface area (Å²) in [6, 6.07) is 12.9. The van der Waals surface area contributed by atoms with E-state index in [1.165, 1.54) is 11.1 Å². The maximum Gasteiger partial charge on any atom is 0.338 e. The summed E-state index contributed by atoms with van der Waals surface area (Å²) >= 11 is 0. The molecule has 30 heavy (non-hydrogen) atoms. The molecule has 6 nitrogen and oxygen atoms in total. The zero-order valence-electron chi connectivity index (χ0n) is 17.1. The van der Waals surface area contributed by atoms with Crippen LogP contribution in [0.1, 0.15) is 55.8 Å². The van der Waals surface area contributed by atoms with E-state index in [4.69, 9.17) is 10.00 Å². The molecule has 2 aromatic rings. The van der Waals surface area contributed by atoms with E-state index in [0.29, 0.717) is 23.3 Å². The van der Waals surface area contributed by atoms with Gasteiger partial charge < -0.3 is 15.0 Å². The van der Waals surface area contributed by atoms with Gasteiger partial charge in [-0.1, -0.05) is 6.07 Å². The number of benzene rings is 2. The van der Waals surface area contributed by atoms with Crippen molar-refractivity contribution < 1.29 is 14.3 Å². The minimum Gasteiger partial charge on any atom is -0.457 e. The number of amides is 1. The van der Waals surface area contributed by atoms with Crippen molar-refractivity contribution in [3.05, 3.63) is 69.8 Å². The van der Waals surface area contributed by atoms with E-state index in [9.17, 15) is 9.59 Å². The predicted octanol–water partition coefficient (Wildman–Crippen LogP) is 2.97. The molecule has 1 N–H and O–H groups in total. The molecule has 0 spiro atoms. The molecule has 2 aliphatic heterocycles. The molecule has 0 bridgehead atoms. The first kappa shape index (κ1) is 20.1. The number of nitrogens with one attached hydrogen (secondary N) is 1. The molecule has 1 saturated heterocycles. The highest BCUT2D eigenvalue weighted by atomic mass is 16.5. The van der Waals surface area contributed by atoms with Gasteiger partial charge in [-0.3, -0.25) is 4.79 Å². The summed E-state index contributed by atoms with van der Waals surface area (Å²) < 4.78 is 5.14. The Hall–Kier alpha value is -3.17. The number of carbonyl (C=O) groups excluding carboxylic acids is 2. The fourth-order valence-corrected chi connectivity index (χ4v) is 4.21. The normalized spacial score (nSPS) is 16.6. The van der Waals surface area contributed by atoms with Crippen LogP contribution in [0.2, 0.25) is 0 Å². The number of hydrogen-bond acceptors (Lipinski definition) is 5. The largest absolute Gasteiger partial charge is 0.457 e. The molecule has 2 heterocycles. The Bertz CT molecular complexity index is 1000. The molecule has 6 heteroatoms. The zero-order chi connectivity index (χ0) is 21.1.